The summed E-state index contributed by atoms with van der Waals surface area (Å²) in [4.78, 5) is 25.1. The quantitative estimate of drug-likeness (QED) is 0.786. The molecule has 104 valence electrons. The van der Waals surface area contributed by atoms with E-state index in [2.05, 4.69) is 0 Å². The Labute approximate surface area is 115 Å². The summed E-state index contributed by atoms with van der Waals surface area (Å²) in [7, 11) is 0. The van der Waals surface area contributed by atoms with Gasteiger partial charge in [0.15, 0.2) is 0 Å². The van der Waals surface area contributed by atoms with Gasteiger partial charge < -0.3 is 9.69 Å². The molecule has 0 N–H and O–H groups in total. The SMILES string of the molecule is CCC(=O)N(c1ccccc1C)C(C)CCC(C)=O. The van der Waals surface area contributed by atoms with E-state index in [9.17, 15) is 9.59 Å². The Morgan fingerprint density at radius 3 is 2.42 bits per heavy atom. The largest absolute Gasteiger partial charge is 0.309 e. The molecule has 0 aromatic heterocycles. The monoisotopic (exact) mass is 261 g/mol. The van der Waals surface area contributed by atoms with E-state index in [0.29, 0.717) is 19.3 Å². The Hall–Kier alpha value is -1.64. The van der Waals surface area contributed by atoms with Crippen LogP contribution in [0.4, 0.5) is 5.69 Å². The molecule has 0 saturated heterocycles. The zero-order chi connectivity index (χ0) is 14.4. The van der Waals surface area contributed by atoms with E-state index in [-0.39, 0.29) is 17.7 Å². The third-order valence-electron chi connectivity index (χ3n) is 3.30. The van der Waals surface area contributed by atoms with Gasteiger partial charge in [-0.05, 0) is 38.8 Å². The van der Waals surface area contributed by atoms with Crippen LogP contribution in [0, 0.1) is 6.92 Å². The van der Waals surface area contributed by atoms with Gasteiger partial charge in [-0.25, -0.2) is 0 Å². The molecule has 0 aliphatic carbocycles. The van der Waals surface area contributed by atoms with Gasteiger partial charge in [-0.15, -0.1) is 0 Å². The van der Waals surface area contributed by atoms with Crippen molar-refractivity contribution in [3.63, 3.8) is 0 Å². The lowest BCUT2D eigenvalue weighted by Gasteiger charge is -2.30. The molecule has 0 fully saturated rings. The minimum atomic E-state index is 0.0393. The van der Waals surface area contributed by atoms with Crippen LogP contribution in [0.25, 0.3) is 0 Å². The molecule has 1 atom stereocenters. The van der Waals surface area contributed by atoms with Gasteiger partial charge in [-0.1, -0.05) is 25.1 Å². The second kappa shape index (κ2) is 7.07. The number of aryl methyl sites for hydroxylation is 1. The number of rotatable bonds is 6. The van der Waals surface area contributed by atoms with E-state index in [1.54, 1.807) is 6.92 Å². The fourth-order valence-electron chi connectivity index (χ4n) is 2.16. The van der Waals surface area contributed by atoms with Gasteiger partial charge >= 0.3 is 0 Å². The van der Waals surface area contributed by atoms with Crippen LogP contribution in [0.2, 0.25) is 0 Å². The fourth-order valence-corrected chi connectivity index (χ4v) is 2.16. The lowest BCUT2D eigenvalue weighted by atomic mass is 10.1. The Morgan fingerprint density at radius 1 is 1.26 bits per heavy atom. The molecule has 1 rings (SSSR count). The van der Waals surface area contributed by atoms with Gasteiger partial charge in [0.25, 0.3) is 0 Å². The number of hydrogen-bond acceptors (Lipinski definition) is 2. The standard InChI is InChI=1S/C16H23NO2/c1-5-16(19)17(13(3)10-11-14(4)18)15-9-7-6-8-12(15)2/h6-9,13H,5,10-11H2,1-4H3. The molecule has 0 bridgehead atoms. The third-order valence-corrected chi connectivity index (χ3v) is 3.30. The van der Waals surface area contributed by atoms with E-state index in [0.717, 1.165) is 11.3 Å². The number of carbonyl (C=O) groups excluding carboxylic acids is 2. The van der Waals surface area contributed by atoms with E-state index in [1.165, 1.54) is 0 Å². The van der Waals surface area contributed by atoms with Crippen molar-refractivity contribution in [1.29, 1.82) is 0 Å². The Morgan fingerprint density at radius 2 is 1.89 bits per heavy atom. The van der Waals surface area contributed by atoms with Crippen molar-refractivity contribution in [2.24, 2.45) is 0 Å². The lowest BCUT2D eigenvalue weighted by Crippen LogP contribution is -2.39. The summed E-state index contributed by atoms with van der Waals surface area (Å²) >= 11 is 0. The average molecular weight is 261 g/mol. The number of hydrogen-bond donors (Lipinski definition) is 0. The number of ketones is 1. The molecule has 0 heterocycles. The van der Waals surface area contributed by atoms with Crippen LogP contribution in [-0.4, -0.2) is 17.7 Å². The molecule has 0 saturated carbocycles. The highest BCUT2D eigenvalue weighted by molar-refractivity contribution is 5.94. The number of anilines is 1. The predicted octanol–water partition coefficient (Wildman–Crippen LogP) is 3.50. The zero-order valence-corrected chi connectivity index (χ0v) is 12.3. The first-order valence-corrected chi connectivity index (χ1v) is 6.84. The van der Waals surface area contributed by atoms with Gasteiger partial charge in [0.1, 0.15) is 5.78 Å². The Bertz CT molecular complexity index is 454. The molecule has 1 amide bonds. The number of para-hydroxylation sites is 1. The van der Waals surface area contributed by atoms with E-state index in [4.69, 9.17) is 0 Å². The molecule has 1 unspecified atom stereocenters. The van der Waals surface area contributed by atoms with Crippen LogP contribution in [-0.2, 0) is 9.59 Å². The van der Waals surface area contributed by atoms with Gasteiger partial charge in [0.05, 0.1) is 0 Å². The molecule has 0 spiro atoms. The first kappa shape index (κ1) is 15.4. The van der Waals surface area contributed by atoms with Crippen molar-refractivity contribution in [2.75, 3.05) is 4.90 Å². The summed E-state index contributed by atoms with van der Waals surface area (Å²) in [6.45, 7) is 7.46. The molecule has 19 heavy (non-hydrogen) atoms. The number of Topliss-reactive ketones (excluding diaryl/α,β-unsaturated/α-hetero) is 1. The molecule has 1 aromatic carbocycles. The maximum Gasteiger partial charge on any atom is 0.226 e. The summed E-state index contributed by atoms with van der Waals surface area (Å²) in [6.07, 6.45) is 1.69. The maximum absolute atomic E-state index is 12.2. The van der Waals surface area contributed by atoms with E-state index >= 15 is 0 Å². The van der Waals surface area contributed by atoms with Crippen LogP contribution >= 0.6 is 0 Å². The van der Waals surface area contributed by atoms with Gasteiger partial charge in [0, 0.05) is 24.6 Å². The van der Waals surface area contributed by atoms with Crippen molar-refractivity contribution in [3.8, 4) is 0 Å². The molecule has 0 aliphatic heterocycles. The molecule has 1 aromatic rings. The highest BCUT2D eigenvalue weighted by atomic mass is 16.2. The summed E-state index contributed by atoms with van der Waals surface area (Å²) in [5, 5.41) is 0. The maximum atomic E-state index is 12.2. The highest BCUT2D eigenvalue weighted by Crippen LogP contribution is 2.24. The van der Waals surface area contributed by atoms with Crippen molar-refractivity contribution >= 4 is 17.4 Å². The number of benzene rings is 1. The normalized spacial score (nSPS) is 12.0. The predicted molar refractivity (Wildman–Crippen MR) is 78.3 cm³/mol. The number of carbonyl (C=O) groups is 2. The second-order valence-electron chi connectivity index (χ2n) is 4.99. The van der Waals surface area contributed by atoms with Crippen molar-refractivity contribution in [3.05, 3.63) is 29.8 Å². The Kier molecular flexibility index (Phi) is 5.74. The van der Waals surface area contributed by atoms with Gasteiger partial charge in [0.2, 0.25) is 5.91 Å². The van der Waals surface area contributed by atoms with Gasteiger partial charge in [-0.3, -0.25) is 4.79 Å². The van der Waals surface area contributed by atoms with Crippen LogP contribution in [0.3, 0.4) is 0 Å². The summed E-state index contributed by atoms with van der Waals surface area (Å²) in [5.41, 5.74) is 2.03. The van der Waals surface area contributed by atoms with Crippen LogP contribution < -0.4 is 4.90 Å². The average Bonchev–Trinajstić information content (AvgIpc) is 2.38. The molecule has 0 aliphatic rings. The minimum Gasteiger partial charge on any atom is -0.309 e. The minimum absolute atomic E-state index is 0.0393. The number of nitrogens with zero attached hydrogens (tertiary/aromatic N) is 1. The number of amides is 1. The Balaban J connectivity index is 2.98. The topological polar surface area (TPSA) is 37.4 Å². The summed E-state index contributed by atoms with van der Waals surface area (Å²) < 4.78 is 0. The summed E-state index contributed by atoms with van der Waals surface area (Å²) in [5.74, 6) is 0.269. The second-order valence-corrected chi connectivity index (χ2v) is 4.99. The van der Waals surface area contributed by atoms with Crippen molar-refractivity contribution in [2.45, 2.75) is 53.0 Å². The molecular weight excluding hydrogens is 238 g/mol. The van der Waals surface area contributed by atoms with E-state index < -0.39 is 0 Å². The molecule has 3 nitrogen and oxygen atoms in total. The molecule has 3 heteroatoms. The lowest BCUT2D eigenvalue weighted by molar-refractivity contribution is -0.120. The first-order valence-electron chi connectivity index (χ1n) is 6.84. The van der Waals surface area contributed by atoms with E-state index in [1.807, 2.05) is 49.9 Å². The van der Waals surface area contributed by atoms with Gasteiger partial charge in [-0.2, -0.15) is 0 Å². The summed E-state index contributed by atoms with van der Waals surface area (Å²) in [6, 6.07) is 7.91. The van der Waals surface area contributed by atoms with Crippen LogP contribution in [0.1, 0.15) is 45.6 Å². The van der Waals surface area contributed by atoms with Crippen LogP contribution in [0.5, 0.6) is 0 Å². The van der Waals surface area contributed by atoms with Crippen LogP contribution in [0.15, 0.2) is 24.3 Å². The van der Waals surface area contributed by atoms with Crippen molar-refractivity contribution in [1.82, 2.24) is 0 Å². The fraction of sp³-hybridized carbons (Fsp3) is 0.500. The van der Waals surface area contributed by atoms with Crippen molar-refractivity contribution < 1.29 is 9.59 Å². The smallest absolute Gasteiger partial charge is 0.226 e. The molecule has 0 radical (unpaired) electrons. The third kappa shape index (κ3) is 4.19. The molecular formula is C16H23NO2. The first-order chi connectivity index (χ1) is 8.97. The highest BCUT2D eigenvalue weighted by Gasteiger charge is 2.21. The zero-order valence-electron chi connectivity index (χ0n) is 12.3.